The number of hydrogen-bond acceptors (Lipinski definition) is 4. The third-order valence-electron chi connectivity index (χ3n) is 3.16. The fourth-order valence-electron chi connectivity index (χ4n) is 2.13. The normalized spacial score (nSPS) is 12.2. The Bertz CT molecular complexity index is 702. The Morgan fingerprint density at radius 2 is 2.14 bits per heavy atom. The Kier molecular flexibility index (Phi) is 3.35. The molecule has 0 saturated heterocycles. The minimum Gasteiger partial charge on any atom is -0.478 e. The van der Waals surface area contributed by atoms with E-state index in [-0.39, 0.29) is 12.4 Å². The van der Waals surface area contributed by atoms with Gasteiger partial charge in [-0.1, -0.05) is 12.1 Å². The molecule has 6 heteroatoms. The Labute approximate surface area is 119 Å². The fourth-order valence-corrected chi connectivity index (χ4v) is 2.13. The van der Waals surface area contributed by atoms with Crippen LogP contribution in [0.2, 0.25) is 0 Å². The zero-order chi connectivity index (χ0) is 14.8. The van der Waals surface area contributed by atoms with Crippen molar-refractivity contribution in [2.45, 2.75) is 6.54 Å². The van der Waals surface area contributed by atoms with Gasteiger partial charge in [-0.15, -0.1) is 0 Å². The van der Waals surface area contributed by atoms with E-state index in [0.717, 1.165) is 11.6 Å². The molecule has 1 aliphatic heterocycles. The molecule has 0 aromatic heterocycles. The molecule has 3 rings (SSSR count). The third-order valence-corrected chi connectivity index (χ3v) is 3.16. The van der Waals surface area contributed by atoms with Crippen molar-refractivity contribution in [1.29, 1.82) is 0 Å². The molecule has 2 aromatic carbocycles. The van der Waals surface area contributed by atoms with Crippen molar-refractivity contribution in [1.82, 2.24) is 0 Å². The predicted octanol–water partition coefficient (Wildman–Crippen LogP) is 2.86. The molecule has 21 heavy (non-hydrogen) atoms. The molecule has 108 valence electrons. The van der Waals surface area contributed by atoms with Crippen molar-refractivity contribution in [3.05, 3.63) is 53.3 Å². The third kappa shape index (κ3) is 2.60. The van der Waals surface area contributed by atoms with Crippen LogP contribution in [-0.2, 0) is 6.54 Å². The van der Waals surface area contributed by atoms with Gasteiger partial charge in [0.15, 0.2) is 11.5 Å². The van der Waals surface area contributed by atoms with Gasteiger partial charge in [0.2, 0.25) is 6.79 Å². The molecule has 2 N–H and O–H groups in total. The second-order valence-corrected chi connectivity index (χ2v) is 4.50. The Morgan fingerprint density at radius 3 is 2.95 bits per heavy atom. The first-order chi connectivity index (χ1) is 10.1. The molecular formula is C15H12FNO4. The van der Waals surface area contributed by atoms with Crippen molar-refractivity contribution in [2.24, 2.45) is 0 Å². The number of anilines is 1. The Hall–Kier alpha value is -2.76. The molecule has 0 unspecified atom stereocenters. The van der Waals surface area contributed by atoms with Gasteiger partial charge in [0.25, 0.3) is 0 Å². The highest BCUT2D eigenvalue weighted by atomic mass is 19.1. The SMILES string of the molecule is O=C(O)c1cc(NCc2cccc3c2OCO3)ccc1F. The number of para-hydroxylation sites is 1. The predicted molar refractivity (Wildman–Crippen MR) is 73.3 cm³/mol. The number of aromatic carboxylic acids is 1. The summed E-state index contributed by atoms with van der Waals surface area (Å²) >= 11 is 0. The van der Waals surface area contributed by atoms with Crippen molar-refractivity contribution in [3.63, 3.8) is 0 Å². The van der Waals surface area contributed by atoms with Gasteiger partial charge >= 0.3 is 5.97 Å². The molecule has 0 aliphatic carbocycles. The second-order valence-electron chi connectivity index (χ2n) is 4.50. The average molecular weight is 289 g/mol. The van der Waals surface area contributed by atoms with Gasteiger partial charge < -0.3 is 19.9 Å². The molecule has 0 bridgehead atoms. The molecule has 0 radical (unpaired) electrons. The lowest BCUT2D eigenvalue weighted by atomic mass is 10.1. The Balaban J connectivity index is 1.78. The number of nitrogens with one attached hydrogen (secondary N) is 1. The van der Waals surface area contributed by atoms with Gasteiger partial charge in [-0.25, -0.2) is 9.18 Å². The minimum atomic E-state index is -1.30. The number of fused-ring (bicyclic) bond motifs is 1. The lowest BCUT2D eigenvalue weighted by molar-refractivity contribution is 0.0692. The summed E-state index contributed by atoms with van der Waals surface area (Å²) < 4.78 is 24.0. The number of hydrogen-bond donors (Lipinski definition) is 2. The van der Waals surface area contributed by atoms with Gasteiger partial charge in [0, 0.05) is 17.8 Å². The van der Waals surface area contributed by atoms with Gasteiger partial charge in [-0.2, -0.15) is 0 Å². The molecule has 0 fully saturated rings. The first-order valence-corrected chi connectivity index (χ1v) is 6.29. The summed E-state index contributed by atoms with van der Waals surface area (Å²) in [6, 6.07) is 9.41. The summed E-state index contributed by atoms with van der Waals surface area (Å²) in [5.41, 5.74) is 1.04. The lowest BCUT2D eigenvalue weighted by Gasteiger charge is -2.09. The van der Waals surface area contributed by atoms with Crippen molar-refractivity contribution in [3.8, 4) is 11.5 Å². The van der Waals surface area contributed by atoms with E-state index in [0.29, 0.717) is 23.7 Å². The zero-order valence-electron chi connectivity index (χ0n) is 10.9. The van der Waals surface area contributed by atoms with Crippen LogP contribution in [0.1, 0.15) is 15.9 Å². The van der Waals surface area contributed by atoms with E-state index in [1.165, 1.54) is 12.1 Å². The van der Waals surface area contributed by atoms with E-state index < -0.39 is 11.8 Å². The summed E-state index contributed by atoms with van der Waals surface area (Å²) in [6.07, 6.45) is 0. The van der Waals surface area contributed by atoms with Crippen LogP contribution in [0.5, 0.6) is 11.5 Å². The molecule has 5 nitrogen and oxygen atoms in total. The molecule has 0 amide bonds. The van der Waals surface area contributed by atoms with Crippen LogP contribution >= 0.6 is 0 Å². The summed E-state index contributed by atoms with van der Waals surface area (Å²) in [5.74, 6) is -0.705. The largest absolute Gasteiger partial charge is 0.478 e. The lowest BCUT2D eigenvalue weighted by Crippen LogP contribution is -2.05. The maximum atomic E-state index is 13.3. The van der Waals surface area contributed by atoms with Gasteiger partial charge in [-0.05, 0) is 24.3 Å². The van der Waals surface area contributed by atoms with Crippen molar-refractivity contribution < 1.29 is 23.8 Å². The minimum absolute atomic E-state index is 0.187. The Morgan fingerprint density at radius 1 is 1.29 bits per heavy atom. The van der Waals surface area contributed by atoms with Gasteiger partial charge in [0.1, 0.15) is 5.82 Å². The van der Waals surface area contributed by atoms with Crippen LogP contribution in [-0.4, -0.2) is 17.9 Å². The zero-order valence-corrected chi connectivity index (χ0v) is 10.9. The number of benzene rings is 2. The van der Waals surface area contributed by atoms with E-state index in [2.05, 4.69) is 5.32 Å². The first-order valence-electron chi connectivity index (χ1n) is 6.29. The van der Waals surface area contributed by atoms with Gasteiger partial charge in [-0.3, -0.25) is 0 Å². The average Bonchev–Trinajstić information content (AvgIpc) is 2.95. The summed E-state index contributed by atoms with van der Waals surface area (Å²) in [7, 11) is 0. The molecule has 0 saturated carbocycles. The highest BCUT2D eigenvalue weighted by Gasteiger charge is 2.17. The number of rotatable bonds is 4. The van der Waals surface area contributed by atoms with Gasteiger partial charge in [0.05, 0.1) is 5.56 Å². The number of carbonyl (C=O) groups is 1. The van der Waals surface area contributed by atoms with E-state index in [1.807, 2.05) is 18.2 Å². The molecule has 1 heterocycles. The molecule has 0 atom stereocenters. The van der Waals surface area contributed by atoms with E-state index >= 15 is 0 Å². The van der Waals surface area contributed by atoms with Crippen molar-refractivity contribution >= 4 is 11.7 Å². The molecule has 1 aliphatic rings. The van der Waals surface area contributed by atoms with Crippen LogP contribution in [0.4, 0.5) is 10.1 Å². The number of ether oxygens (including phenoxy) is 2. The van der Waals surface area contributed by atoms with E-state index in [9.17, 15) is 9.18 Å². The second kappa shape index (κ2) is 5.32. The summed E-state index contributed by atoms with van der Waals surface area (Å²) in [4.78, 5) is 10.9. The van der Waals surface area contributed by atoms with E-state index in [1.54, 1.807) is 0 Å². The maximum absolute atomic E-state index is 13.3. The van der Waals surface area contributed by atoms with Crippen LogP contribution in [0.15, 0.2) is 36.4 Å². The van der Waals surface area contributed by atoms with Crippen LogP contribution in [0.25, 0.3) is 0 Å². The standard InChI is InChI=1S/C15H12FNO4/c16-12-5-4-10(6-11(12)15(18)19)17-7-9-2-1-3-13-14(9)21-8-20-13/h1-6,17H,7-8H2,(H,18,19). The van der Waals surface area contributed by atoms with Crippen LogP contribution in [0.3, 0.4) is 0 Å². The first kappa shape index (κ1) is 13.2. The highest BCUT2D eigenvalue weighted by molar-refractivity contribution is 5.89. The molecular weight excluding hydrogens is 277 g/mol. The maximum Gasteiger partial charge on any atom is 0.338 e. The quantitative estimate of drug-likeness (QED) is 0.906. The fraction of sp³-hybridized carbons (Fsp3) is 0.133. The van der Waals surface area contributed by atoms with Crippen molar-refractivity contribution in [2.75, 3.05) is 12.1 Å². The number of halogens is 1. The smallest absolute Gasteiger partial charge is 0.338 e. The monoisotopic (exact) mass is 289 g/mol. The summed E-state index contributed by atoms with van der Waals surface area (Å²) in [6.45, 7) is 0.600. The van der Waals surface area contributed by atoms with E-state index in [4.69, 9.17) is 14.6 Å². The topological polar surface area (TPSA) is 67.8 Å². The number of carboxylic acids is 1. The molecule has 0 spiro atoms. The van der Waals surface area contributed by atoms with Crippen LogP contribution in [0, 0.1) is 5.82 Å². The summed E-state index contributed by atoms with van der Waals surface area (Å²) in [5, 5.41) is 11.9. The number of carboxylic acid groups (broad SMARTS) is 1. The molecule has 2 aromatic rings. The van der Waals surface area contributed by atoms with Crippen LogP contribution < -0.4 is 14.8 Å². The highest BCUT2D eigenvalue weighted by Crippen LogP contribution is 2.35.